The van der Waals surface area contributed by atoms with Crippen LogP contribution in [0.4, 0.5) is 0 Å². The van der Waals surface area contributed by atoms with E-state index in [0.717, 1.165) is 55.8 Å². The van der Waals surface area contributed by atoms with E-state index in [-0.39, 0.29) is 0 Å². The molecule has 0 radical (unpaired) electrons. The number of nitrogens with zero attached hydrogens (tertiary/aromatic N) is 5. The van der Waals surface area contributed by atoms with Crippen LogP contribution in [0.15, 0.2) is 152 Å². The highest BCUT2D eigenvalue weighted by Gasteiger charge is 2.17. The fourth-order valence-corrected chi connectivity index (χ4v) is 7.20. The van der Waals surface area contributed by atoms with Crippen molar-refractivity contribution < 1.29 is 0 Å². The van der Waals surface area contributed by atoms with Crippen LogP contribution in [0.25, 0.3) is 93.7 Å². The second-order valence-electron chi connectivity index (χ2n) is 12.0. The molecule has 10 rings (SSSR count). The molecule has 0 unspecified atom stereocenters. The maximum atomic E-state index is 5.14. The standard InChI is InChI=1S/C42H25N5/c1-2-10-38-32(8-1)34-25-43-21-19-39(34)47(38)40-18-15-29(24-45-40)36-22-30(23-37(46-36)35-9-3-4-20-44-35)31-16-13-28-12-11-26-6-5-7-27-14-17-33(31)42(28)41(26)27/h1-25H. The zero-order valence-electron chi connectivity index (χ0n) is 25.2. The molecular formula is C42H25N5. The Morgan fingerprint density at radius 2 is 1.23 bits per heavy atom. The highest BCUT2D eigenvalue weighted by molar-refractivity contribution is 6.25. The average molecular weight is 600 g/mol. The number of benzene rings is 5. The van der Waals surface area contributed by atoms with Crippen LogP contribution < -0.4 is 0 Å². The van der Waals surface area contributed by atoms with Crippen LogP contribution in [0.5, 0.6) is 0 Å². The molecule has 0 bridgehead atoms. The number of hydrogen-bond donors (Lipinski definition) is 0. The van der Waals surface area contributed by atoms with Crippen LogP contribution in [0.2, 0.25) is 0 Å². The third kappa shape index (κ3) is 3.97. The van der Waals surface area contributed by atoms with Crippen LogP contribution in [0, 0.1) is 0 Å². The fourth-order valence-electron chi connectivity index (χ4n) is 7.20. The van der Waals surface area contributed by atoms with E-state index in [9.17, 15) is 0 Å². The molecule has 0 aliphatic carbocycles. The zero-order chi connectivity index (χ0) is 30.9. The SMILES string of the molecule is c1ccc(-c2cc(-c3ccc4ccc5cccc6ccc3c4c56)cc(-c3ccc(-n4c5ccccc5c5cnccc54)nc3)n2)nc1. The summed E-state index contributed by atoms with van der Waals surface area (Å²) in [7, 11) is 0. The van der Waals surface area contributed by atoms with Gasteiger partial charge in [-0.3, -0.25) is 14.5 Å². The van der Waals surface area contributed by atoms with Gasteiger partial charge in [0.1, 0.15) is 5.82 Å². The number of rotatable bonds is 4. The molecular weight excluding hydrogens is 574 g/mol. The van der Waals surface area contributed by atoms with E-state index < -0.39 is 0 Å². The van der Waals surface area contributed by atoms with Gasteiger partial charge in [0.25, 0.3) is 0 Å². The Balaban J connectivity index is 1.16. The molecule has 5 heterocycles. The molecule has 0 saturated heterocycles. The molecule has 0 aliphatic heterocycles. The first-order valence-electron chi connectivity index (χ1n) is 15.7. The summed E-state index contributed by atoms with van der Waals surface area (Å²) in [6.45, 7) is 0. The van der Waals surface area contributed by atoms with Gasteiger partial charge in [0.15, 0.2) is 0 Å². The summed E-state index contributed by atoms with van der Waals surface area (Å²) >= 11 is 0. The lowest BCUT2D eigenvalue weighted by atomic mass is 9.89. The summed E-state index contributed by atoms with van der Waals surface area (Å²) in [6, 6.07) is 44.9. The topological polar surface area (TPSA) is 56.5 Å². The third-order valence-electron chi connectivity index (χ3n) is 9.34. The molecule has 5 aromatic carbocycles. The fraction of sp³-hybridized carbons (Fsp3) is 0. The van der Waals surface area contributed by atoms with Crippen molar-refractivity contribution in [3.63, 3.8) is 0 Å². The van der Waals surface area contributed by atoms with Gasteiger partial charge in [0, 0.05) is 41.1 Å². The molecule has 0 fully saturated rings. The lowest BCUT2D eigenvalue weighted by Crippen LogP contribution is -1.98. The second-order valence-corrected chi connectivity index (χ2v) is 12.0. The van der Waals surface area contributed by atoms with E-state index in [2.05, 4.69) is 118 Å². The van der Waals surface area contributed by atoms with E-state index in [1.165, 1.54) is 37.9 Å². The molecule has 218 valence electrons. The predicted octanol–water partition coefficient (Wildman–Crippen LogP) is 10.3. The van der Waals surface area contributed by atoms with Gasteiger partial charge in [-0.05, 0) is 92.0 Å². The zero-order valence-corrected chi connectivity index (χ0v) is 25.2. The lowest BCUT2D eigenvalue weighted by Gasteiger charge is -2.15. The van der Waals surface area contributed by atoms with Gasteiger partial charge in [-0.1, -0.05) is 78.9 Å². The maximum absolute atomic E-state index is 5.14. The number of fused-ring (bicyclic) bond motifs is 3. The van der Waals surface area contributed by atoms with Crippen molar-refractivity contribution in [3.05, 3.63) is 152 Å². The summed E-state index contributed by atoms with van der Waals surface area (Å²) < 4.78 is 2.20. The van der Waals surface area contributed by atoms with Gasteiger partial charge in [-0.2, -0.15) is 0 Å². The van der Waals surface area contributed by atoms with E-state index in [0.29, 0.717) is 0 Å². The van der Waals surface area contributed by atoms with E-state index in [4.69, 9.17) is 9.97 Å². The van der Waals surface area contributed by atoms with Crippen molar-refractivity contribution in [1.82, 2.24) is 24.5 Å². The van der Waals surface area contributed by atoms with Gasteiger partial charge >= 0.3 is 0 Å². The molecule has 0 atom stereocenters. The first-order chi connectivity index (χ1) is 23.3. The Morgan fingerprint density at radius 1 is 0.447 bits per heavy atom. The quantitative estimate of drug-likeness (QED) is 0.189. The summed E-state index contributed by atoms with van der Waals surface area (Å²) in [4.78, 5) is 19.2. The monoisotopic (exact) mass is 599 g/mol. The summed E-state index contributed by atoms with van der Waals surface area (Å²) in [5.41, 5.74) is 7.87. The molecule has 0 saturated carbocycles. The molecule has 5 aromatic heterocycles. The summed E-state index contributed by atoms with van der Waals surface area (Å²) in [6.07, 6.45) is 7.50. The van der Waals surface area contributed by atoms with Crippen LogP contribution in [0.3, 0.4) is 0 Å². The molecule has 0 amide bonds. The van der Waals surface area contributed by atoms with Crippen LogP contribution in [-0.4, -0.2) is 24.5 Å². The molecule has 0 spiro atoms. The normalized spacial score (nSPS) is 11.8. The van der Waals surface area contributed by atoms with Crippen LogP contribution in [0.1, 0.15) is 0 Å². The summed E-state index contributed by atoms with van der Waals surface area (Å²) in [5, 5.41) is 9.85. The smallest absolute Gasteiger partial charge is 0.137 e. The van der Waals surface area contributed by atoms with Crippen molar-refractivity contribution in [1.29, 1.82) is 0 Å². The van der Waals surface area contributed by atoms with Gasteiger partial charge in [-0.15, -0.1) is 0 Å². The van der Waals surface area contributed by atoms with Gasteiger partial charge < -0.3 is 0 Å². The maximum Gasteiger partial charge on any atom is 0.137 e. The minimum Gasteiger partial charge on any atom is -0.294 e. The minimum atomic E-state index is 0.822. The van der Waals surface area contributed by atoms with E-state index in [1.54, 1.807) is 0 Å². The van der Waals surface area contributed by atoms with Gasteiger partial charge in [0.05, 0.1) is 28.1 Å². The van der Waals surface area contributed by atoms with Crippen molar-refractivity contribution >= 4 is 54.1 Å². The number of para-hydroxylation sites is 1. The highest BCUT2D eigenvalue weighted by atomic mass is 15.1. The molecule has 0 aliphatic rings. The van der Waals surface area contributed by atoms with Crippen LogP contribution in [-0.2, 0) is 0 Å². The van der Waals surface area contributed by atoms with Gasteiger partial charge in [-0.25, -0.2) is 9.97 Å². The number of pyridine rings is 4. The van der Waals surface area contributed by atoms with E-state index in [1.807, 2.05) is 49.1 Å². The van der Waals surface area contributed by atoms with Crippen molar-refractivity contribution in [2.75, 3.05) is 0 Å². The Bertz CT molecular complexity index is 2710. The van der Waals surface area contributed by atoms with E-state index >= 15 is 0 Å². The third-order valence-corrected chi connectivity index (χ3v) is 9.34. The van der Waals surface area contributed by atoms with Gasteiger partial charge in [0.2, 0.25) is 0 Å². The van der Waals surface area contributed by atoms with Crippen molar-refractivity contribution in [2.24, 2.45) is 0 Å². The Morgan fingerprint density at radius 3 is 2.09 bits per heavy atom. The summed E-state index contributed by atoms with van der Waals surface area (Å²) in [5.74, 6) is 0.846. The highest BCUT2D eigenvalue weighted by Crippen LogP contribution is 2.40. The number of hydrogen-bond acceptors (Lipinski definition) is 4. The van der Waals surface area contributed by atoms with Crippen molar-refractivity contribution in [3.8, 4) is 39.6 Å². The average Bonchev–Trinajstić information content (AvgIpc) is 3.48. The molecule has 10 aromatic rings. The molecule has 5 nitrogen and oxygen atoms in total. The largest absolute Gasteiger partial charge is 0.294 e. The first kappa shape index (κ1) is 25.8. The second kappa shape index (κ2) is 10.0. The van der Waals surface area contributed by atoms with Crippen molar-refractivity contribution in [2.45, 2.75) is 0 Å². The molecule has 0 N–H and O–H groups in total. The molecule has 5 heteroatoms. The first-order valence-corrected chi connectivity index (χ1v) is 15.7. The minimum absolute atomic E-state index is 0.822. The lowest BCUT2D eigenvalue weighted by molar-refractivity contribution is 1.08. The Hall–Kier alpha value is -6.46. The predicted molar refractivity (Wildman–Crippen MR) is 192 cm³/mol. The number of aromatic nitrogens is 5. The Labute approximate surface area is 269 Å². The molecule has 47 heavy (non-hydrogen) atoms. The Kier molecular flexibility index (Phi) is 5.51. The van der Waals surface area contributed by atoms with Crippen LogP contribution >= 0.6 is 0 Å².